The standard InChI is InChI=1S/C23H29NO4/c1-4-5-14-28-21-11-8-18(15-22(21)27-3)23(25)24-13-12-19(16-24)17-6-9-20(26-2)10-7-17/h6-11,15,19H,4-5,12-14,16H2,1-3H3. The van der Waals surface area contributed by atoms with Gasteiger partial charge in [0.2, 0.25) is 0 Å². The van der Waals surface area contributed by atoms with Crippen molar-refractivity contribution >= 4 is 5.91 Å². The number of methoxy groups -OCH3 is 2. The molecule has 1 fully saturated rings. The van der Waals surface area contributed by atoms with Crippen molar-refractivity contribution in [1.29, 1.82) is 0 Å². The number of benzene rings is 2. The second-order valence-corrected chi connectivity index (χ2v) is 7.08. The van der Waals surface area contributed by atoms with E-state index >= 15 is 0 Å². The number of likely N-dealkylation sites (tertiary alicyclic amines) is 1. The lowest BCUT2D eigenvalue weighted by atomic mass is 9.98. The van der Waals surface area contributed by atoms with E-state index in [1.807, 2.05) is 29.2 Å². The van der Waals surface area contributed by atoms with Crippen LogP contribution in [0.3, 0.4) is 0 Å². The van der Waals surface area contributed by atoms with Gasteiger partial charge in [-0.05, 0) is 48.7 Å². The topological polar surface area (TPSA) is 48.0 Å². The molecule has 1 aliphatic heterocycles. The predicted octanol–water partition coefficient (Wildman–Crippen LogP) is 4.51. The summed E-state index contributed by atoms with van der Waals surface area (Å²) in [5.41, 5.74) is 1.88. The van der Waals surface area contributed by atoms with Gasteiger partial charge in [0.15, 0.2) is 11.5 Å². The Bertz CT molecular complexity index is 788. The Balaban J connectivity index is 1.66. The molecule has 0 saturated carbocycles. The van der Waals surface area contributed by atoms with Gasteiger partial charge >= 0.3 is 0 Å². The molecule has 1 saturated heterocycles. The Morgan fingerprint density at radius 3 is 2.54 bits per heavy atom. The Hall–Kier alpha value is -2.69. The summed E-state index contributed by atoms with van der Waals surface area (Å²) in [7, 11) is 3.27. The van der Waals surface area contributed by atoms with Gasteiger partial charge in [-0.15, -0.1) is 0 Å². The van der Waals surface area contributed by atoms with Crippen molar-refractivity contribution in [1.82, 2.24) is 4.90 Å². The van der Waals surface area contributed by atoms with Crippen molar-refractivity contribution in [2.24, 2.45) is 0 Å². The fraction of sp³-hybridized carbons (Fsp3) is 0.435. The van der Waals surface area contributed by atoms with Gasteiger partial charge in [-0.25, -0.2) is 0 Å². The van der Waals surface area contributed by atoms with Gasteiger partial charge < -0.3 is 19.1 Å². The number of unbranched alkanes of at least 4 members (excludes halogenated alkanes) is 1. The van der Waals surface area contributed by atoms with Crippen molar-refractivity contribution in [2.75, 3.05) is 33.9 Å². The lowest BCUT2D eigenvalue weighted by Crippen LogP contribution is -2.28. The van der Waals surface area contributed by atoms with Crippen LogP contribution >= 0.6 is 0 Å². The highest BCUT2D eigenvalue weighted by atomic mass is 16.5. The van der Waals surface area contributed by atoms with E-state index < -0.39 is 0 Å². The number of amides is 1. The molecule has 2 aromatic carbocycles. The molecule has 2 aromatic rings. The number of rotatable bonds is 8. The average Bonchev–Trinajstić information content (AvgIpc) is 3.24. The first kappa shape index (κ1) is 20.1. The summed E-state index contributed by atoms with van der Waals surface area (Å²) in [6, 6.07) is 13.6. The number of carbonyl (C=O) groups is 1. The van der Waals surface area contributed by atoms with Crippen molar-refractivity contribution in [3.8, 4) is 17.2 Å². The molecule has 0 radical (unpaired) electrons. The van der Waals surface area contributed by atoms with Crippen LogP contribution in [0.25, 0.3) is 0 Å². The molecular weight excluding hydrogens is 354 g/mol. The molecule has 0 aromatic heterocycles. The maximum Gasteiger partial charge on any atom is 0.254 e. The molecule has 3 rings (SSSR count). The third kappa shape index (κ3) is 4.58. The van der Waals surface area contributed by atoms with E-state index in [1.54, 1.807) is 20.3 Å². The third-order valence-electron chi connectivity index (χ3n) is 5.23. The molecule has 0 bridgehead atoms. The van der Waals surface area contributed by atoms with Crippen molar-refractivity contribution < 1.29 is 19.0 Å². The number of hydrogen-bond donors (Lipinski definition) is 0. The van der Waals surface area contributed by atoms with Gasteiger partial charge in [-0.2, -0.15) is 0 Å². The lowest BCUT2D eigenvalue weighted by Gasteiger charge is -2.18. The summed E-state index contributed by atoms with van der Waals surface area (Å²) in [5.74, 6) is 2.53. The smallest absolute Gasteiger partial charge is 0.254 e. The second kappa shape index (κ2) is 9.49. The molecule has 5 heteroatoms. The van der Waals surface area contributed by atoms with E-state index in [9.17, 15) is 4.79 Å². The van der Waals surface area contributed by atoms with E-state index in [-0.39, 0.29) is 5.91 Å². The lowest BCUT2D eigenvalue weighted by molar-refractivity contribution is 0.0790. The van der Waals surface area contributed by atoms with Gasteiger partial charge in [0.1, 0.15) is 5.75 Å². The summed E-state index contributed by atoms with van der Waals surface area (Å²) < 4.78 is 16.4. The summed E-state index contributed by atoms with van der Waals surface area (Å²) >= 11 is 0. The van der Waals surface area contributed by atoms with Crippen LogP contribution in [0.2, 0.25) is 0 Å². The Kier molecular flexibility index (Phi) is 6.80. The van der Waals surface area contributed by atoms with Crippen molar-refractivity contribution in [2.45, 2.75) is 32.1 Å². The average molecular weight is 383 g/mol. The monoisotopic (exact) mass is 383 g/mol. The summed E-state index contributed by atoms with van der Waals surface area (Å²) in [5, 5.41) is 0. The minimum atomic E-state index is 0.0365. The number of ether oxygens (including phenoxy) is 3. The first-order valence-corrected chi connectivity index (χ1v) is 9.90. The molecule has 1 atom stereocenters. The first-order chi connectivity index (χ1) is 13.7. The van der Waals surface area contributed by atoms with Crippen LogP contribution in [-0.2, 0) is 0 Å². The molecular formula is C23H29NO4. The van der Waals surface area contributed by atoms with Gasteiger partial charge in [-0.3, -0.25) is 4.79 Å². The van der Waals surface area contributed by atoms with Crippen LogP contribution in [0.4, 0.5) is 0 Å². The maximum atomic E-state index is 13.0. The van der Waals surface area contributed by atoms with Crippen LogP contribution in [0.1, 0.15) is 48.0 Å². The molecule has 28 heavy (non-hydrogen) atoms. The van der Waals surface area contributed by atoms with Gasteiger partial charge in [0, 0.05) is 24.6 Å². The van der Waals surface area contributed by atoms with E-state index in [1.165, 1.54) is 5.56 Å². The molecule has 0 N–H and O–H groups in total. The first-order valence-electron chi connectivity index (χ1n) is 9.90. The predicted molar refractivity (Wildman–Crippen MR) is 110 cm³/mol. The second-order valence-electron chi connectivity index (χ2n) is 7.08. The Morgan fingerprint density at radius 2 is 1.86 bits per heavy atom. The van der Waals surface area contributed by atoms with Crippen LogP contribution in [0.5, 0.6) is 17.2 Å². The SMILES string of the molecule is CCCCOc1ccc(C(=O)N2CCC(c3ccc(OC)cc3)C2)cc1OC. The number of nitrogens with zero attached hydrogens (tertiary/aromatic N) is 1. The van der Waals surface area contributed by atoms with E-state index in [0.717, 1.165) is 38.1 Å². The minimum Gasteiger partial charge on any atom is -0.497 e. The zero-order valence-electron chi connectivity index (χ0n) is 16.9. The molecule has 1 unspecified atom stereocenters. The third-order valence-corrected chi connectivity index (χ3v) is 5.23. The van der Waals surface area contributed by atoms with Crippen LogP contribution < -0.4 is 14.2 Å². The summed E-state index contributed by atoms with van der Waals surface area (Å²) in [6.07, 6.45) is 3.03. The van der Waals surface area contributed by atoms with Gasteiger partial charge in [0.25, 0.3) is 5.91 Å². The fourth-order valence-electron chi connectivity index (χ4n) is 3.52. The number of carbonyl (C=O) groups excluding carboxylic acids is 1. The zero-order chi connectivity index (χ0) is 19.9. The highest BCUT2D eigenvalue weighted by molar-refractivity contribution is 5.95. The largest absolute Gasteiger partial charge is 0.497 e. The maximum absolute atomic E-state index is 13.0. The Morgan fingerprint density at radius 1 is 1.07 bits per heavy atom. The van der Waals surface area contributed by atoms with E-state index in [2.05, 4.69) is 19.1 Å². The molecule has 1 aliphatic rings. The molecule has 0 spiro atoms. The van der Waals surface area contributed by atoms with Crippen LogP contribution in [0.15, 0.2) is 42.5 Å². The molecule has 5 nitrogen and oxygen atoms in total. The fourth-order valence-corrected chi connectivity index (χ4v) is 3.52. The van der Waals surface area contributed by atoms with Crippen molar-refractivity contribution in [3.05, 3.63) is 53.6 Å². The highest BCUT2D eigenvalue weighted by Gasteiger charge is 2.28. The molecule has 150 valence electrons. The Labute approximate surface area is 167 Å². The van der Waals surface area contributed by atoms with Gasteiger partial charge in [-0.1, -0.05) is 25.5 Å². The molecule has 0 aliphatic carbocycles. The normalized spacial score (nSPS) is 16.1. The van der Waals surface area contributed by atoms with Crippen LogP contribution in [-0.4, -0.2) is 44.7 Å². The summed E-state index contributed by atoms with van der Waals surface area (Å²) in [4.78, 5) is 14.9. The van der Waals surface area contributed by atoms with E-state index in [4.69, 9.17) is 14.2 Å². The van der Waals surface area contributed by atoms with E-state index in [0.29, 0.717) is 29.6 Å². The van der Waals surface area contributed by atoms with Gasteiger partial charge in [0.05, 0.1) is 20.8 Å². The number of hydrogen-bond acceptors (Lipinski definition) is 4. The zero-order valence-corrected chi connectivity index (χ0v) is 16.9. The molecule has 1 heterocycles. The quantitative estimate of drug-likeness (QED) is 0.629. The van der Waals surface area contributed by atoms with Crippen LogP contribution in [0, 0.1) is 0 Å². The van der Waals surface area contributed by atoms with Crippen molar-refractivity contribution in [3.63, 3.8) is 0 Å². The summed E-state index contributed by atoms with van der Waals surface area (Å²) in [6.45, 7) is 4.25. The highest BCUT2D eigenvalue weighted by Crippen LogP contribution is 2.32. The minimum absolute atomic E-state index is 0.0365. The molecule has 1 amide bonds.